The van der Waals surface area contributed by atoms with Gasteiger partial charge in [0.1, 0.15) is 0 Å². The molecule has 0 N–H and O–H groups in total. The molecule has 0 amide bonds. The summed E-state index contributed by atoms with van der Waals surface area (Å²) in [6.45, 7) is 2.45. The van der Waals surface area contributed by atoms with E-state index in [1.165, 1.54) is 5.56 Å². The Morgan fingerprint density at radius 1 is 1.77 bits per heavy atom. The van der Waals surface area contributed by atoms with Crippen LogP contribution in [0, 0.1) is 6.92 Å². The number of azide groups is 1. The van der Waals surface area contributed by atoms with Gasteiger partial charge in [-0.25, -0.2) is 0 Å². The van der Waals surface area contributed by atoms with Gasteiger partial charge in [-0.15, -0.1) is 11.3 Å². The van der Waals surface area contributed by atoms with Gasteiger partial charge in [-0.2, -0.15) is 0 Å². The van der Waals surface area contributed by atoms with Gasteiger partial charge in [0.2, 0.25) is 0 Å². The Balaban J connectivity index is 2.63. The Morgan fingerprint density at radius 2 is 2.54 bits per heavy atom. The van der Waals surface area contributed by atoms with Crippen LogP contribution in [0.1, 0.15) is 10.4 Å². The van der Waals surface area contributed by atoms with E-state index in [2.05, 4.69) is 32.0 Å². The summed E-state index contributed by atoms with van der Waals surface area (Å²) >= 11 is 5.11. The largest absolute Gasteiger partial charge is 0.129 e. The van der Waals surface area contributed by atoms with Crippen molar-refractivity contribution in [1.29, 1.82) is 0 Å². The first-order valence-corrected chi connectivity index (χ1v) is 5.28. The second-order valence-electron chi connectivity index (χ2n) is 2.42. The summed E-state index contributed by atoms with van der Waals surface area (Å²) in [6, 6.07) is 2.08. The Kier molecular flexibility index (Phi) is 4.02. The fourth-order valence-electron chi connectivity index (χ4n) is 0.818. The highest BCUT2D eigenvalue weighted by atomic mass is 79.9. The van der Waals surface area contributed by atoms with Gasteiger partial charge in [0.25, 0.3) is 0 Å². The van der Waals surface area contributed by atoms with Crippen LogP contribution in [0.2, 0.25) is 0 Å². The summed E-state index contributed by atoms with van der Waals surface area (Å²) in [4.78, 5) is 3.82. The number of halogens is 1. The van der Waals surface area contributed by atoms with E-state index in [0.29, 0.717) is 6.54 Å². The lowest BCUT2D eigenvalue weighted by atomic mass is 10.3. The molecular formula is C8H8BrN3S. The van der Waals surface area contributed by atoms with Crippen molar-refractivity contribution in [3.63, 3.8) is 0 Å². The molecule has 68 valence electrons. The van der Waals surface area contributed by atoms with Crippen LogP contribution in [0.5, 0.6) is 0 Å². The highest BCUT2D eigenvalue weighted by molar-refractivity contribution is 9.11. The normalized spacial score (nSPS) is 10.3. The zero-order chi connectivity index (χ0) is 9.68. The quantitative estimate of drug-likeness (QED) is 0.444. The van der Waals surface area contributed by atoms with Crippen molar-refractivity contribution in [3.05, 3.63) is 36.8 Å². The second-order valence-corrected chi connectivity index (χ2v) is 4.82. The number of hydrogen-bond acceptors (Lipinski definition) is 2. The molecule has 1 heterocycles. The molecule has 1 rings (SSSR count). The second kappa shape index (κ2) is 5.07. The number of hydrogen-bond donors (Lipinski definition) is 0. The van der Waals surface area contributed by atoms with Crippen LogP contribution in [-0.2, 0) is 0 Å². The highest BCUT2D eigenvalue weighted by Gasteiger charge is 1.98. The van der Waals surface area contributed by atoms with Crippen LogP contribution in [0.25, 0.3) is 16.5 Å². The predicted molar refractivity (Wildman–Crippen MR) is 59.8 cm³/mol. The average molecular weight is 258 g/mol. The van der Waals surface area contributed by atoms with Crippen LogP contribution in [-0.4, -0.2) is 6.54 Å². The van der Waals surface area contributed by atoms with Crippen molar-refractivity contribution in [2.24, 2.45) is 5.11 Å². The van der Waals surface area contributed by atoms with Gasteiger partial charge < -0.3 is 0 Å². The topological polar surface area (TPSA) is 48.8 Å². The number of rotatable bonds is 3. The molecule has 0 aliphatic carbocycles. The molecule has 1 aromatic heterocycles. The minimum Gasteiger partial charge on any atom is -0.129 e. The lowest BCUT2D eigenvalue weighted by Crippen LogP contribution is -1.65. The lowest BCUT2D eigenvalue weighted by molar-refractivity contribution is 1.22. The summed E-state index contributed by atoms with van der Waals surface area (Å²) in [7, 11) is 0. The van der Waals surface area contributed by atoms with E-state index in [0.717, 1.165) is 8.66 Å². The molecule has 0 aromatic carbocycles. The van der Waals surface area contributed by atoms with Crippen LogP contribution in [0.3, 0.4) is 0 Å². The Morgan fingerprint density at radius 3 is 3.08 bits per heavy atom. The van der Waals surface area contributed by atoms with Gasteiger partial charge in [-0.05, 0) is 46.1 Å². The predicted octanol–water partition coefficient (Wildman–Crippen LogP) is 4.14. The molecule has 3 nitrogen and oxygen atoms in total. The molecule has 0 unspecified atom stereocenters. The molecule has 0 radical (unpaired) electrons. The Labute approximate surface area is 88.8 Å². The van der Waals surface area contributed by atoms with E-state index < -0.39 is 0 Å². The fraction of sp³-hybridized carbons (Fsp3) is 0.250. The SMILES string of the molecule is Cc1cc(C=CCN=[N+]=[N-])sc1Br. The molecule has 0 saturated carbocycles. The fourth-order valence-corrected chi connectivity index (χ4v) is 2.32. The van der Waals surface area contributed by atoms with Crippen molar-refractivity contribution in [2.45, 2.75) is 6.92 Å². The molecule has 1 aromatic rings. The van der Waals surface area contributed by atoms with Gasteiger partial charge in [-0.3, -0.25) is 0 Å². The number of thiophene rings is 1. The molecule has 0 aliphatic rings. The maximum atomic E-state index is 8.03. The number of nitrogens with zero attached hydrogens (tertiary/aromatic N) is 3. The van der Waals surface area contributed by atoms with Crippen LogP contribution in [0.4, 0.5) is 0 Å². The summed E-state index contributed by atoms with van der Waals surface area (Å²) in [5.41, 5.74) is 9.26. The van der Waals surface area contributed by atoms with E-state index in [1.807, 2.05) is 19.1 Å². The van der Waals surface area contributed by atoms with Crippen LogP contribution >= 0.6 is 27.3 Å². The van der Waals surface area contributed by atoms with Crippen LogP contribution < -0.4 is 0 Å². The average Bonchev–Trinajstić information content (AvgIpc) is 2.41. The first-order chi connectivity index (χ1) is 6.24. The minimum atomic E-state index is 0.408. The standard InChI is InChI=1S/C8H8BrN3S/c1-6-5-7(13-8(6)9)3-2-4-11-12-10/h2-3,5H,4H2,1H3. The van der Waals surface area contributed by atoms with E-state index in [4.69, 9.17) is 5.53 Å². The van der Waals surface area contributed by atoms with Gasteiger partial charge in [-0.1, -0.05) is 11.2 Å². The highest BCUT2D eigenvalue weighted by Crippen LogP contribution is 2.27. The van der Waals surface area contributed by atoms with Gasteiger partial charge >= 0.3 is 0 Å². The van der Waals surface area contributed by atoms with Crippen molar-refractivity contribution in [1.82, 2.24) is 0 Å². The smallest absolute Gasteiger partial charge is 0.0733 e. The monoisotopic (exact) mass is 257 g/mol. The maximum absolute atomic E-state index is 8.03. The third-order valence-electron chi connectivity index (χ3n) is 1.41. The molecule has 0 saturated heterocycles. The maximum Gasteiger partial charge on any atom is 0.0733 e. The summed E-state index contributed by atoms with van der Waals surface area (Å²) in [5.74, 6) is 0. The summed E-state index contributed by atoms with van der Waals surface area (Å²) in [6.07, 6.45) is 3.80. The van der Waals surface area contributed by atoms with E-state index in [9.17, 15) is 0 Å². The minimum absolute atomic E-state index is 0.408. The van der Waals surface area contributed by atoms with E-state index in [1.54, 1.807) is 11.3 Å². The lowest BCUT2D eigenvalue weighted by Gasteiger charge is -1.80. The molecular weight excluding hydrogens is 250 g/mol. The molecule has 0 atom stereocenters. The molecule has 0 bridgehead atoms. The van der Waals surface area contributed by atoms with Gasteiger partial charge in [0.15, 0.2) is 0 Å². The van der Waals surface area contributed by atoms with Gasteiger partial charge in [0, 0.05) is 16.3 Å². The van der Waals surface area contributed by atoms with Crippen LogP contribution in [0.15, 0.2) is 21.0 Å². The van der Waals surface area contributed by atoms with E-state index >= 15 is 0 Å². The van der Waals surface area contributed by atoms with Crippen molar-refractivity contribution in [3.8, 4) is 0 Å². The third-order valence-corrected chi connectivity index (χ3v) is 3.51. The zero-order valence-electron chi connectivity index (χ0n) is 7.07. The van der Waals surface area contributed by atoms with Crippen molar-refractivity contribution in [2.75, 3.05) is 6.54 Å². The molecule has 0 aliphatic heterocycles. The third kappa shape index (κ3) is 3.22. The summed E-state index contributed by atoms with van der Waals surface area (Å²) in [5, 5.41) is 3.40. The Hall–Kier alpha value is -0.770. The first kappa shape index (κ1) is 10.3. The van der Waals surface area contributed by atoms with Gasteiger partial charge in [0.05, 0.1) is 3.79 Å². The zero-order valence-corrected chi connectivity index (χ0v) is 9.47. The molecule has 0 fully saturated rings. The summed E-state index contributed by atoms with van der Waals surface area (Å²) < 4.78 is 1.15. The van der Waals surface area contributed by atoms with Crippen molar-refractivity contribution >= 4 is 33.3 Å². The first-order valence-electron chi connectivity index (χ1n) is 3.67. The Bertz CT molecular complexity index is 344. The molecule has 0 spiro atoms. The molecule has 5 heteroatoms. The van der Waals surface area contributed by atoms with Crippen molar-refractivity contribution < 1.29 is 0 Å². The van der Waals surface area contributed by atoms with E-state index in [-0.39, 0.29) is 0 Å². The number of aryl methyl sites for hydroxylation is 1. The molecule has 13 heavy (non-hydrogen) atoms.